The molecule has 0 aromatic carbocycles. The van der Waals surface area contributed by atoms with Gasteiger partial charge in [-0.05, 0) is 24.1 Å². The number of rotatable bonds is 5. The average Bonchev–Trinajstić information content (AvgIpc) is 2.48. The van der Waals surface area contributed by atoms with Crippen molar-refractivity contribution >= 4 is 5.91 Å². The van der Waals surface area contributed by atoms with Gasteiger partial charge in [0.1, 0.15) is 0 Å². The van der Waals surface area contributed by atoms with E-state index in [1.54, 1.807) is 12.4 Å². The lowest BCUT2D eigenvalue weighted by Crippen LogP contribution is -2.31. The molecule has 2 aromatic heterocycles. The smallest absolute Gasteiger partial charge is 0.254 e. The Balaban J connectivity index is 2.04. The zero-order valence-electron chi connectivity index (χ0n) is 11.2. The molecule has 0 aliphatic rings. The van der Waals surface area contributed by atoms with Crippen LogP contribution in [-0.2, 0) is 11.2 Å². The Kier molecular flexibility index (Phi) is 4.60. The molecule has 6 heteroatoms. The molecule has 2 heterocycles. The van der Waals surface area contributed by atoms with E-state index in [1.165, 1.54) is 12.5 Å². The van der Waals surface area contributed by atoms with E-state index in [0.717, 1.165) is 12.0 Å². The Bertz CT molecular complexity index is 624. The molecule has 2 N–H and O–H groups in total. The van der Waals surface area contributed by atoms with Gasteiger partial charge in [-0.2, -0.15) is 0 Å². The second-order valence-corrected chi connectivity index (χ2v) is 4.39. The number of hydrogen-bond acceptors (Lipinski definition) is 4. The molecule has 0 radical (unpaired) electrons. The van der Waals surface area contributed by atoms with E-state index >= 15 is 0 Å². The number of H-pyrrole nitrogens is 1. The zero-order chi connectivity index (χ0) is 14.4. The van der Waals surface area contributed by atoms with Crippen molar-refractivity contribution in [1.82, 2.24) is 20.3 Å². The third-order valence-electron chi connectivity index (χ3n) is 3.00. The first-order valence-corrected chi connectivity index (χ1v) is 6.41. The Morgan fingerprint density at radius 3 is 2.75 bits per heavy atom. The van der Waals surface area contributed by atoms with Crippen LogP contribution in [0.4, 0.5) is 0 Å². The number of hydrogen-bond donors (Lipinski definition) is 2. The first kappa shape index (κ1) is 13.9. The SMILES string of the molecule is CC[C@@H](NC(=O)Cc1cnc[nH]c1=O)c1ccncc1. The van der Waals surface area contributed by atoms with Crippen LogP contribution in [0.2, 0.25) is 0 Å². The maximum atomic E-state index is 12.0. The van der Waals surface area contributed by atoms with Crippen molar-refractivity contribution < 1.29 is 4.79 Å². The number of nitrogens with zero attached hydrogens (tertiary/aromatic N) is 2. The highest BCUT2D eigenvalue weighted by Gasteiger charge is 2.14. The van der Waals surface area contributed by atoms with Crippen molar-refractivity contribution in [2.45, 2.75) is 25.8 Å². The summed E-state index contributed by atoms with van der Waals surface area (Å²) in [5.41, 5.74) is 1.07. The van der Waals surface area contributed by atoms with Crippen LogP contribution in [0, 0.1) is 0 Å². The number of amides is 1. The van der Waals surface area contributed by atoms with E-state index in [9.17, 15) is 9.59 Å². The van der Waals surface area contributed by atoms with Gasteiger partial charge >= 0.3 is 0 Å². The molecule has 1 amide bonds. The first-order valence-electron chi connectivity index (χ1n) is 6.41. The number of carbonyl (C=O) groups is 1. The number of pyridine rings is 1. The van der Waals surface area contributed by atoms with Crippen molar-refractivity contribution in [1.29, 1.82) is 0 Å². The molecule has 0 aliphatic carbocycles. The molecule has 0 fully saturated rings. The van der Waals surface area contributed by atoms with Crippen molar-refractivity contribution in [3.05, 3.63) is 58.5 Å². The van der Waals surface area contributed by atoms with E-state index < -0.39 is 0 Å². The number of nitrogens with one attached hydrogen (secondary N) is 2. The maximum absolute atomic E-state index is 12.0. The van der Waals surface area contributed by atoms with Gasteiger partial charge in [0.25, 0.3) is 5.56 Å². The summed E-state index contributed by atoms with van der Waals surface area (Å²) < 4.78 is 0. The van der Waals surface area contributed by atoms with Crippen LogP contribution in [0.1, 0.15) is 30.5 Å². The molecule has 6 nitrogen and oxygen atoms in total. The molecule has 1 atom stereocenters. The van der Waals surface area contributed by atoms with Crippen molar-refractivity contribution in [3.63, 3.8) is 0 Å². The van der Waals surface area contributed by atoms with Crippen LogP contribution in [0.5, 0.6) is 0 Å². The predicted octanol–water partition coefficient (Wildman–Crippen LogP) is 0.975. The fourth-order valence-electron chi connectivity index (χ4n) is 1.94. The molecule has 0 unspecified atom stereocenters. The quantitative estimate of drug-likeness (QED) is 0.849. The third kappa shape index (κ3) is 3.50. The minimum absolute atomic E-state index is 0.0186. The average molecular weight is 272 g/mol. The highest BCUT2D eigenvalue weighted by molar-refractivity contribution is 5.78. The molecule has 0 bridgehead atoms. The van der Waals surface area contributed by atoms with Crippen molar-refractivity contribution in [3.8, 4) is 0 Å². The van der Waals surface area contributed by atoms with Gasteiger partial charge < -0.3 is 10.3 Å². The van der Waals surface area contributed by atoms with Gasteiger partial charge in [-0.15, -0.1) is 0 Å². The molecular weight excluding hydrogens is 256 g/mol. The minimum Gasteiger partial charge on any atom is -0.349 e. The highest BCUT2D eigenvalue weighted by Crippen LogP contribution is 2.15. The fraction of sp³-hybridized carbons (Fsp3) is 0.286. The highest BCUT2D eigenvalue weighted by atomic mass is 16.2. The molecule has 0 aliphatic heterocycles. The predicted molar refractivity (Wildman–Crippen MR) is 74.0 cm³/mol. The van der Waals surface area contributed by atoms with Gasteiger partial charge in [0, 0.05) is 24.2 Å². The van der Waals surface area contributed by atoms with Crippen LogP contribution in [0.15, 0.2) is 41.8 Å². The Hall–Kier alpha value is -2.50. The van der Waals surface area contributed by atoms with Crippen molar-refractivity contribution in [2.24, 2.45) is 0 Å². The normalized spacial score (nSPS) is 11.8. The topological polar surface area (TPSA) is 87.7 Å². The second-order valence-electron chi connectivity index (χ2n) is 4.39. The molecule has 20 heavy (non-hydrogen) atoms. The van der Waals surface area contributed by atoms with Crippen LogP contribution >= 0.6 is 0 Å². The van der Waals surface area contributed by atoms with E-state index in [2.05, 4.69) is 20.3 Å². The fourth-order valence-corrected chi connectivity index (χ4v) is 1.94. The van der Waals surface area contributed by atoms with Gasteiger partial charge in [-0.25, -0.2) is 4.98 Å². The Labute approximate surface area is 116 Å². The van der Waals surface area contributed by atoms with Gasteiger partial charge in [0.15, 0.2) is 0 Å². The maximum Gasteiger partial charge on any atom is 0.254 e. The Morgan fingerprint density at radius 1 is 1.35 bits per heavy atom. The van der Waals surface area contributed by atoms with E-state index in [-0.39, 0.29) is 23.9 Å². The lowest BCUT2D eigenvalue weighted by Gasteiger charge is -2.17. The summed E-state index contributed by atoms with van der Waals surface area (Å²) >= 11 is 0. The van der Waals surface area contributed by atoms with Crippen molar-refractivity contribution in [2.75, 3.05) is 0 Å². The number of aromatic nitrogens is 3. The molecular formula is C14H16N4O2. The largest absolute Gasteiger partial charge is 0.349 e. The number of carbonyl (C=O) groups excluding carboxylic acids is 1. The van der Waals surface area contributed by atoms with Crippen LogP contribution in [0.25, 0.3) is 0 Å². The molecule has 0 saturated heterocycles. The lowest BCUT2D eigenvalue weighted by molar-refractivity contribution is -0.121. The molecule has 0 spiro atoms. The standard InChI is InChI=1S/C14H16N4O2/c1-2-12(10-3-5-15-6-4-10)18-13(19)7-11-8-16-9-17-14(11)20/h3-6,8-9,12H,2,7H2,1H3,(H,18,19)(H,16,17,20)/t12-/m1/s1. The van der Waals surface area contributed by atoms with Gasteiger partial charge in [-0.1, -0.05) is 6.92 Å². The first-order chi connectivity index (χ1) is 9.70. The van der Waals surface area contributed by atoms with E-state index in [1.807, 2.05) is 19.1 Å². The van der Waals surface area contributed by atoms with E-state index in [4.69, 9.17) is 0 Å². The summed E-state index contributed by atoms with van der Waals surface area (Å²) in [6.45, 7) is 1.99. The van der Waals surface area contributed by atoms with Gasteiger partial charge in [-0.3, -0.25) is 14.6 Å². The summed E-state index contributed by atoms with van der Waals surface area (Å²) in [4.78, 5) is 33.7. The molecule has 104 valence electrons. The monoisotopic (exact) mass is 272 g/mol. The summed E-state index contributed by atoms with van der Waals surface area (Å²) in [5.74, 6) is -0.202. The number of aromatic amines is 1. The van der Waals surface area contributed by atoms with Crippen LogP contribution < -0.4 is 10.9 Å². The summed E-state index contributed by atoms with van der Waals surface area (Å²) in [6, 6.07) is 3.65. The Morgan fingerprint density at radius 2 is 2.10 bits per heavy atom. The molecule has 2 aromatic rings. The zero-order valence-corrected chi connectivity index (χ0v) is 11.2. The summed E-state index contributed by atoms with van der Waals surface area (Å²) in [5, 5.41) is 2.91. The van der Waals surface area contributed by atoms with Crippen LogP contribution in [-0.4, -0.2) is 20.9 Å². The minimum atomic E-state index is -0.285. The third-order valence-corrected chi connectivity index (χ3v) is 3.00. The lowest BCUT2D eigenvalue weighted by atomic mass is 10.1. The summed E-state index contributed by atoms with van der Waals surface area (Å²) in [6.07, 6.45) is 6.87. The van der Waals surface area contributed by atoms with E-state index in [0.29, 0.717) is 5.56 Å². The summed E-state index contributed by atoms with van der Waals surface area (Å²) in [7, 11) is 0. The second kappa shape index (κ2) is 6.60. The molecule has 0 saturated carbocycles. The van der Waals surface area contributed by atoms with Gasteiger partial charge in [0.05, 0.1) is 18.8 Å². The van der Waals surface area contributed by atoms with Crippen LogP contribution in [0.3, 0.4) is 0 Å². The molecule has 2 rings (SSSR count). The van der Waals surface area contributed by atoms with Gasteiger partial charge in [0.2, 0.25) is 5.91 Å².